The largest absolute Gasteiger partial charge is 0.478 e. The van der Waals surface area contributed by atoms with Gasteiger partial charge in [-0.15, -0.1) is 0 Å². The molecule has 68 valence electrons. The highest BCUT2D eigenvalue weighted by atomic mass is 16.5. The molecule has 1 aromatic carbocycles. The van der Waals surface area contributed by atoms with E-state index in [0.717, 1.165) is 16.9 Å². The van der Waals surface area contributed by atoms with Crippen LogP contribution in [0.25, 0.3) is 0 Å². The van der Waals surface area contributed by atoms with E-state index in [4.69, 9.17) is 10.00 Å². The summed E-state index contributed by atoms with van der Waals surface area (Å²) in [5.41, 5.74) is 3.40. The van der Waals surface area contributed by atoms with E-state index in [1.54, 1.807) is 0 Å². The van der Waals surface area contributed by atoms with Crippen LogP contribution < -0.4 is 4.74 Å². The van der Waals surface area contributed by atoms with Crippen LogP contribution in [0, 0.1) is 32.1 Å². The first kappa shape index (κ1) is 9.60. The van der Waals surface area contributed by atoms with E-state index in [-0.39, 0.29) is 6.61 Å². The summed E-state index contributed by atoms with van der Waals surface area (Å²) in [6.45, 7) is 6.15. The molecule has 0 saturated carbocycles. The Morgan fingerprint density at radius 1 is 1.23 bits per heavy atom. The lowest BCUT2D eigenvalue weighted by Crippen LogP contribution is -1.98. The molecule has 2 nitrogen and oxygen atoms in total. The van der Waals surface area contributed by atoms with Crippen molar-refractivity contribution in [3.05, 3.63) is 28.8 Å². The highest BCUT2D eigenvalue weighted by Crippen LogP contribution is 2.24. The topological polar surface area (TPSA) is 33.0 Å². The van der Waals surface area contributed by atoms with Gasteiger partial charge in [0, 0.05) is 0 Å². The van der Waals surface area contributed by atoms with Crippen LogP contribution in [0.1, 0.15) is 16.7 Å². The van der Waals surface area contributed by atoms with Gasteiger partial charge in [0.2, 0.25) is 0 Å². The van der Waals surface area contributed by atoms with Crippen LogP contribution >= 0.6 is 0 Å². The van der Waals surface area contributed by atoms with E-state index in [2.05, 4.69) is 12.1 Å². The van der Waals surface area contributed by atoms with Gasteiger partial charge in [-0.25, -0.2) is 0 Å². The number of benzene rings is 1. The van der Waals surface area contributed by atoms with Crippen LogP contribution in [-0.4, -0.2) is 6.61 Å². The SMILES string of the molecule is Cc1cc(C)c(OCC#N)c(C)c1. The Labute approximate surface area is 78.8 Å². The number of hydrogen-bond donors (Lipinski definition) is 0. The molecule has 0 atom stereocenters. The van der Waals surface area contributed by atoms with E-state index in [9.17, 15) is 0 Å². The summed E-state index contributed by atoms with van der Waals surface area (Å²) >= 11 is 0. The van der Waals surface area contributed by atoms with Gasteiger partial charge in [0.15, 0.2) is 6.61 Å². The van der Waals surface area contributed by atoms with Crippen LogP contribution in [0.3, 0.4) is 0 Å². The lowest BCUT2D eigenvalue weighted by molar-refractivity contribution is 0.363. The standard InChI is InChI=1S/C11H13NO/c1-8-6-9(2)11(10(3)7-8)13-5-4-12/h6-7H,5H2,1-3H3. The van der Waals surface area contributed by atoms with E-state index in [1.165, 1.54) is 5.56 Å². The monoisotopic (exact) mass is 175 g/mol. The second kappa shape index (κ2) is 3.95. The van der Waals surface area contributed by atoms with Gasteiger partial charge in [-0.2, -0.15) is 5.26 Å². The Kier molecular flexibility index (Phi) is 2.92. The summed E-state index contributed by atoms with van der Waals surface area (Å²) in [4.78, 5) is 0. The number of aryl methyl sites for hydroxylation is 3. The lowest BCUT2D eigenvalue weighted by atomic mass is 10.1. The number of nitriles is 1. The number of ether oxygens (including phenoxy) is 1. The number of nitrogens with zero attached hydrogens (tertiary/aromatic N) is 1. The van der Waals surface area contributed by atoms with Crippen LogP contribution in [0.2, 0.25) is 0 Å². The zero-order valence-corrected chi connectivity index (χ0v) is 8.22. The lowest BCUT2D eigenvalue weighted by Gasteiger charge is -2.10. The normalized spacial score (nSPS) is 9.38. The highest BCUT2D eigenvalue weighted by molar-refractivity contribution is 5.43. The maximum atomic E-state index is 8.39. The number of rotatable bonds is 2. The molecular weight excluding hydrogens is 162 g/mol. The van der Waals surface area contributed by atoms with Gasteiger partial charge >= 0.3 is 0 Å². The zero-order chi connectivity index (χ0) is 9.84. The van der Waals surface area contributed by atoms with Crippen LogP contribution in [0.4, 0.5) is 0 Å². The van der Waals surface area contributed by atoms with Crippen molar-refractivity contribution < 1.29 is 4.74 Å². The van der Waals surface area contributed by atoms with Gasteiger partial charge < -0.3 is 4.74 Å². The van der Waals surface area contributed by atoms with Crippen molar-refractivity contribution in [2.24, 2.45) is 0 Å². The summed E-state index contributed by atoms with van der Waals surface area (Å²) < 4.78 is 5.31. The fourth-order valence-corrected chi connectivity index (χ4v) is 1.50. The van der Waals surface area contributed by atoms with Crippen molar-refractivity contribution in [3.8, 4) is 11.8 Å². The molecule has 13 heavy (non-hydrogen) atoms. The predicted octanol–water partition coefficient (Wildman–Crippen LogP) is 2.51. The second-order valence-electron chi connectivity index (χ2n) is 3.17. The van der Waals surface area contributed by atoms with Crippen LogP contribution in [-0.2, 0) is 0 Å². The molecule has 0 saturated heterocycles. The maximum absolute atomic E-state index is 8.39. The average Bonchev–Trinajstić information content (AvgIpc) is 2.02. The molecule has 0 bridgehead atoms. The van der Waals surface area contributed by atoms with Crippen LogP contribution in [0.15, 0.2) is 12.1 Å². The molecule has 0 aromatic heterocycles. The minimum absolute atomic E-state index is 0.116. The quantitative estimate of drug-likeness (QED) is 0.691. The third-order valence-electron chi connectivity index (χ3n) is 1.89. The summed E-state index contributed by atoms with van der Waals surface area (Å²) in [6.07, 6.45) is 0. The van der Waals surface area contributed by atoms with Crippen LogP contribution in [0.5, 0.6) is 5.75 Å². The van der Waals surface area contributed by atoms with Gasteiger partial charge in [-0.3, -0.25) is 0 Å². The van der Waals surface area contributed by atoms with Crippen molar-refractivity contribution in [1.82, 2.24) is 0 Å². The highest BCUT2D eigenvalue weighted by Gasteiger charge is 2.03. The Hall–Kier alpha value is -1.49. The molecule has 0 N–H and O–H groups in total. The van der Waals surface area contributed by atoms with Crippen molar-refractivity contribution >= 4 is 0 Å². The van der Waals surface area contributed by atoms with Crippen molar-refractivity contribution in [2.75, 3.05) is 6.61 Å². The molecule has 1 rings (SSSR count). The Morgan fingerprint density at radius 3 is 2.23 bits per heavy atom. The molecule has 2 heteroatoms. The fourth-order valence-electron chi connectivity index (χ4n) is 1.50. The van der Waals surface area contributed by atoms with Crippen molar-refractivity contribution in [2.45, 2.75) is 20.8 Å². The molecule has 0 amide bonds. The minimum Gasteiger partial charge on any atom is -0.478 e. The first-order valence-electron chi connectivity index (χ1n) is 4.22. The van der Waals surface area contributed by atoms with Gasteiger partial charge in [0.05, 0.1) is 0 Å². The average molecular weight is 175 g/mol. The van der Waals surface area contributed by atoms with Crippen molar-refractivity contribution in [3.63, 3.8) is 0 Å². The van der Waals surface area contributed by atoms with Crippen molar-refractivity contribution in [1.29, 1.82) is 5.26 Å². The predicted molar refractivity (Wildman–Crippen MR) is 51.8 cm³/mol. The maximum Gasteiger partial charge on any atom is 0.174 e. The smallest absolute Gasteiger partial charge is 0.174 e. The molecular formula is C11H13NO. The summed E-state index contributed by atoms with van der Waals surface area (Å²) in [5.74, 6) is 0.840. The molecule has 0 heterocycles. The molecule has 1 aromatic rings. The van der Waals surface area contributed by atoms with E-state index in [1.807, 2.05) is 26.8 Å². The van der Waals surface area contributed by atoms with Gasteiger partial charge in [-0.05, 0) is 31.9 Å². The molecule has 0 radical (unpaired) electrons. The minimum atomic E-state index is 0.116. The Morgan fingerprint density at radius 2 is 1.77 bits per heavy atom. The first-order chi connectivity index (χ1) is 6.15. The third kappa shape index (κ3) is 2.22. The Balaban J connectivity index is 3.00. The molecule has 0 spiro atoms. The summed E-state index contributed by atoms with van der Waals surface area (Å²) in [6, 6.07) is 6.07. The zero-order valence-electron chi connectivity index (χ0n) is 8.22. The van der Waals surface area contributed by atoms with E-state index in [0.29, 0.717) is 0 Å². The van der Waals surface area contributed by atoms with Gasteiger partial charge in [0.1, 0.15) is 11.8 Å². The summed E-state index contributed by atoms with van der Waals surface area (Å²) in [5, 5.41) is 8.39. The Bertz CT molecular complexity index is 327. The fraction of sp³-hybridized carbons (Fsp3) is 0.364. The summed E-state index contributed by atoms with van der Waals surface area (Å²) in [7, 11) is 0. The first-order valence-corrected chi connectivity index (χ1v) is 4.22. The molecule has 0 aliphatic rings. The molecule has 0 aliphatic carbocycles. The molecule has 0 unspecified atom stereocenters. The number of hydrogen-bond acceptors (Lipinski definition) is 2. The second-order valence-corrected chi connectivity index (χ2v) is 3.17. The molecule has 0 fully saturated rings. The van der Waals surface area contributed by atoms with Gasteiger partial charge in [-0.1, -0.05) is 17.7 Å². The van der Waals surface area contributed by atoms with Gasteiger partial charge in [0.25, 0.3) is 0 Å². The molecule has 0 aliphatic heterocycles. The van der Waals surface area contributed by atoms with E-state index >= 15 is 0 Å². The van der Waals surface area contributed by atoms with E-state index < -0.39 is 0 Å². The third-order valence-corrected chi connectivity index (χ3v) is 1.89.